The fourth-order valence-corrected chi connectivity index (χ4v) is 2.97. The number of amides is 3. The summed E-state index contributed by atoms with van der Waals surface area (Å²) in [4.78, 5) is 37.8. The molecule has 2 heterocycles. The second kappa shape index (κ2) is 8.33. The van der Waals surface area contributed by atoms with Crippen molar-refractivity contribution in [2.75, 3.05) is 18.4 Å². The van der Waals surface area contributed by atoms with Gasteiger partial charge >= 0.3 is 6.03 Å². The topological polar surface area (TPSA) is 83.4 Å². The molecule has 3 amide bonds. The van der Waals surface area contributed by atoms with Gasteiger partial charge in [-0.05, 0) is 31.0 Å². The van der Waals surface area contributed by atoms with Crippen LogP contribution in [0.2, 0.25) is 0 Å². The average Bonchev–Trinajstić information content (AvgIpc) is 2.65. The highest BCUT2D eigenvalue weighted by Gasteiger charge is 2.24. The van der Waals surface area contributed by atoms with Crippen LogP contribution in [0.3, 0.4) is 0 Å². The first-order valence-electron chi connectivity index (χ1n) is 8.67. The Morgan fingerprint density at radius 1 is 1.00 bits per heavy atom. The lowest BCUT2D eigenvalue weighted by Crippen LogP contribution is -2.48. The van der Waals surface area contributed by atoms with Gasteiger partial charge in [0.15, 0.2) is 0 Å². The molecule has 0 atom stereocenters. The molecule has 0 aliphatic carbocycles. The SMILES string of the molecule is O=C(Cn1ccccc1=O)NC1CCN(C(=O)Nc2ccccc2)CC1. The predicted molar refractivity (Wildman–Crippen MR) is 98.9 cm³/mol. The number of hydrogen-bond donors (Lipinski definition) is 2. The Bertz CT molecular complexity index is 811. The van der Waals surface area contributed by atoms with E-state index in [9.17, 15) is 14.4 Å². The van der Waals surface area contributed by atoms with Gasteiger partial charge in [-0.2, -0.15) is 0 Å². The second-order valence-corrected chi connectivity index (χ2v) is 6.29. The number of pyridine rings is 1. The van der Waals surface area contributed by atoms with Crippen LogP contribution in [0.1, 0.15) is 12.8 Å². The van der Waals surface area contributed by atoms with E-state index >= 15 is 0 Å². The van der Waals surface area contributed by atoms with Crippen molar-refractivity contribution in [3.63, 3.8) is 0 Å². The van der Waals surface area contributed by atoms with Crippen LogP contribution in [0.15, 0.2) is 59.5 Å². The van der Waals surface area contributed by atoms with Crippen LogP contribution in [-0.4, -0.2) is 40.5 Å². The normalized spacial score (nSPS) is 14.7. The number of carbonyl (C=O) groups is 2. The van der Waals surface area contributed by atoms with Gasteiger partial charge in [0.2, 0.25) is 5.91 Å². The molecule has 7 heteroatoms. The van der Waals surface area contributed by atoms with Crippen LogP contribution in [-0.2, 0) is 11.3 Å². The zero-order valence-electron chi connectivity index (χ0n) is 14.4. The highest BCUT2D eigenvalue weighted by molar-refractivity contribution is 5.89. The maximum absolute atomic E-state index is 12.3. The van der Waals surface area contributed by atoms with Gasteiger partial charge in [-0.1, -0.05) is 24.3 Å². The van der Waals surface area contributed by atoms with Gasteiger partial charge in [0.05, 0.1) is 0 Å². The maximum Gasteiger partial charge on any atom is 0.321 e. The third-order valence-corrected chi connectivity index (χ3v) is 4.39. The third kappa shape index (κ3) is 4.72. The molecule has 0 bridgehead atoms. The number of aromatic nitrogens is 1. The molecule has 0 saturated carbocycles. The molecule has 0 radical (unpaired) electrons. The van der Waals surface area contributed by atoms with Crippen molar-refractivity contribution in [1.82, 2.24) is 14.8 Å². The molecule has 26 heavy (non-hydrogen) atoms. The zero-order valence-corrected chi connectivity index (χ0v) is 14.4. The number of piperidine rings is 1. The molecular weight excluding hydrogens is 332 g/mol. The molecule has 1 aromatic carbocycles. The molecule has 1 fully saturated rings. The minimum absolute atomic E-state index is 0.00831. The lowest BCUT2D eigenvalue weighted by Gasteiger charge is -2.32. The Labute approximate surface area is 151 Å². The van der Waals surface area contributed by atoms with E-state index in [1.807, 2.05) is 30.3 Å². The van der Waals surface area contributed by atoms with Gasteiger partial charge in [-0.15, -0.1) is 0 Å². The number of carbonyl (C=O) groups excluding carboxylic acids is 2. The van der Waals surface area contributed by atoms with E-state index in [0.717, 1.165) is 5.69 Å². The van der Waals surface area contributed by atoms with Gasteiger partial charge in [0.25, 0.3) is 5.56 Å². The summed E-state index contributed by atoms with van der Waals surface area (Å²) >= 11 is 0. The Balaban J connectivity index is 1.45. The lowest BCUT2D eigenvalue weighted by atomic mass is 10.1. The summed E-state index contributed by atoms with van der Waals surface area (Å²) in [5.74, 6) is -0.189. The van der Waals surface area contributed by atoms with Gasteiger partial charge in [0.1, 0.15) is 6.54 Å². The first-order chi connectivity index (χ1) is 12.6. The Kier molecular flexibility index (Phi) is 5.68. The van der Waals surface area contributed by atoms with Gasteiger partial charge < -0.3 is 20.1 Å². The number of urea groups is 1. The molecule has 0 spiro atoms. The lowest BCUT2D eigenvalue weighted by molar-refractivity contribution is -0.122. The van der Waals surface area contributed by atoms with Crippen molar-refractivity contribution in [2.45, 2.75) is 25.4 Å². The molecule has 7 nitrogen and oxygen atoms in total. The van der Waals surface area contributed by atoms with Crippen molar-refractivity contribution in [1.29, 1.82) is 0 Å². The quantitative estimate of drug-likeness (QED) is 0.876. The molecule has 136 valence electrons. The molecular formula is C19H22N4O3. The van der Waals surface area contributed by atoms with Crippen LogP contribution >= 0.6 is 0 Å². The van der Waals surface area contributed by atoms with Crippen molar-refractivity contribution in [3.05, 3.63) is 65.1 Å². The van der Waals surface area contributed by atoms with E-state index < -0.39 is 0 Å². The number of nitrogens with zero attached hydrogens (tertiary/aromatic N) is 2. The summed E-state index contributed by atoms with van der Waals surface area (Å²) in [6.07, 6.45) is 2.98. The van der Waals surface area contributed by atoms with E-state index in [2.05, 4.69) is 10.6 Å². The maximum atomic E-state index is 12.3. The number of benzene rings is 1. The minimum Gasteiger partial charge on any atom is -0.352 e. The summed E-state index contributed by atoms with van der Waals surface area (Å²) in [6, 6.07) is 14.0. The number of likely N-dealkylation sites (tertiary alicyclic amines) is 1. The summed E-state index contributed by atoms with van der Waals surface area (Å²) < 4.78 is 1.37. The Morgan fingerprint density at radius 3 is 2.38 bits per heavy atom. The van der Waals surface area contributed by atoms with Gasteiger partial charge in [-0.25, -0.2) is 4.79 Å². The van der Waals surface area contributed by atoms with E-state index in [1.54, 1.807) is 23.2 Å². The molecule has 2 aromatic rings. The van der Waals surface area contributed by atoms with Crippen molar-refractivity contribution < 1.29 is 9.59 Å². The fourth-order valence-electron chi connectivity index (χ4n) is 2.97. The smallest absolute Gasteiger partial charge is 0.321 e. The second-order valence-electron chi connectivity index (χ2n) is 6.29. The minimum atomic E-state index is -0.199. The Hall–Kier alpha value is -3.09. The molecule has 3 rings (SSSR count). The number of nitrogens with one attached hydrogen (secondary N) is 2. The third-order valence-electron chi connectivity index (χ3n) is 4.39. The number of hydrogen-bond acceptors (Lipinski definition) is 3. The van der Waals surface area contributed by atoms with Crippen LogP contribution in [0, 0.1) is 0 Å². The van der Waals surface area contributed by atoms with E-state index in [4.69, 9.17) is 0 Å². The Morgan fingerprint density at radius 2 is 1.69 bits per heavy atom. The number of anilines is 1. The van der Waals surface area contributed by atoms with Crippen LogP contribution in [0.4, 0.5) is 10.5 Å². The zero-order chi connectivity index (χ0) is 18.4. The molecule has 0 unspecified atom stereocenters. The predicted octanol–water partition coefficient (Wildman–Crippen LogP) is 1.66. The van der Waals surface area contributed by atoms with E-state index in [-0.39, 0.29) is 30.1 Å². The van der Waals surface area contributed by atoms with E-state index in [0.29, 0.717) is 25.9 Å². The van der Waals surface area contributed by atoms with Crippen molar-refractivity contribution in [3.8, 4) is 0 Å². The summed E-state index contributed by atoms with van der Waals surface area (Å²) in [6.45, 7) is 1.16. The fraction of sp³-hybridized carbons (Fsp3) is 0.316. The van der Waals surface area contributed by atoms with Crippen molar-refractivity contribution >= 4 is 17.6 Å². The summed E-state index contributed by atoms with van der Waals surface area (Å²) in [5, 5.41) is 5.81. The largest absolute Gasteiger partial charge is 0.352 e. The van der Waals surface area contributed by atoms with Crippen molar-refractivity contribution in [2.24, 2.45) is 0 Å². The molecule has 1 aromatic heterocycles. The van der Waals surface area contributed by atoms with Gasteiger partial charge in [0, 0.05) is 37.1 Å². The average molecular weight is 354 g/mol. The molecule has 1 saturated heterocycles. The van der Waals surface area contributed by atoms with Crippen LogP contribution in [0.5, 0.6) is 0 Å². The monoisotopic (exact) mass is 354 g/mol. The standard InChI is InChI=1S/C19H22N4O3/c24-17(14-23-11-5-4-8-18(23)25)20-16-9-12-22(13-10-16)19(26)21-15-6-2-1-3-7-15/h1-8,11,16H,9-10,12-14H2,(H,20,24)(H,21,26). The van der Waals surface area contributed by atoms with Gasteiger partial charge in [-0.3, -0.25) is 9.59 Å². The number of para-hydroxylation sites is 1. The first kappa shape index (κ1) is 17.7. The molecule has 2 N–H and O–H groups in total. The first-order valence-corrected chi connectivity index (χ1v) is 8.67. The highest BCUT2D eigenvalue weighted by atomic mass is 16.2. The van der Waals surface area contributed by atoms with Crippen LogP contribution in [0.25, 0.3) is 0 Å². The molecule has 1 aliphatic rings. The van der Waals surface area contributed by atoms with Crippen LogP contribution < -0.4 is 16.2 Å². The number of rotatable bonds is 4. The summed E-state index contributed by atoms with van der Waals surface area (Å²) in [7, 11) is 0. The molecule has 1 aliphatic heterocycles. The summed E-state index contributed by atoms with van der Waals surface area (Å²) in [5.41, 5.74) is 0.566. The van der Waals surface area contributed by atoms with E-state index in [1.165, 1.54) is 10.6 Å². The highest BCUT2D eigenvalue weighted by Crippen LogP contribution is 2.13.